The summed E-state index contributed by atoms with van der Waals surface area (Å²) in [7, 11) is 0. The van der Waals surface area contributed by atoms with Gasteiger partial charge in [0.2, 0.25) is 11.8 Å². The third-order valence-corrected chi connectivity index (χ3v) is 3.96. The molecule has 3 rings (SSSR count). The molecular weight excluding hydrogens is 250 g/mol. The Bertz CT molecular complexity index is 579. The summed E-state index contributed by atoms with van der Waals surface area (Å²) >= 11 is 0. The Hall–Kier alpha value is -1.68. The van der Waals surface area contributed by atoms with Gasteiger partial charge in [-0.2, -0.15) is 0 Å². The van der Waals surface area contributed by atoms with E-state index in [4.69, 9.17) is 4.42 Å². The number of aromatic nitrogens is 2. The first-order chi connectivity index (χ1) is 9.83. The molecule has 1 aliphatic carbocycles. The third-order valence-electron chi connectivity index (χ3n) is 3.96. The molecule has 1 heterocycles. The van der Waals surface area contributed by atoms with Crippen molar-refractivity contribution in [2.45, 2.75) is 45.1 Å². The highest BCUT2D eigenvalue weighted by Gasteiger charge is 2.32. The summed E-state index contributed by atoms with van der Waals surface area (Å²) in [6.45, 7) is 5.27. The van der Waals surface area contributed by atoms with E-state index in [0.29, 0.717) is 0 Å². The van der Waals surface area contributed by atoms with Gasteiger partial charge in [-0.3, -0.25) is 0 Å². The molecule has 4 heteroatoms. The van der Waals surface area contributed by atoms with Crippen LogP contribution >= 0.6 is 0 Å². The van der Waals surface area contributed by atoms with E-state index in [1.165, 1.54) is 11.1 Å². The van der Waals surface area contributed by atoms with Crippen LogP contribution in [0.2, 0.25) is 0 Å². The molecule has 0 radical (unpaired) electrons. The minimum Gasteiger partial charge on any atom is -0.423 e. The van der Waals surface area contributed by atoms with Crippen molar-refractivity contribution in [2.75, 3.05) is 6.54 Å². The molecule has 1 aromatic heterocycles. The van der Waals surface area contributed by atoms with Gasteiger partial charge in [0.05, 0.1) is 12.0 Å². The van der Waals surface area contributed by atoms with Crippen molar-refractivity contribution in [3.8, 4) is 0 Å². The van der Waals surface area contributed by atoms with Crippen LogP contribution in [0, 0.1) is 0 Å². The standard InChI is InChI=1S/C16H21N3O/c1-3-9-17-14(4-2)16-19-18-15(20-16)13-10-11-7-5-6-8-12(11)13/h5-8,13-14,17H,3-4,9-10H2,1-2H3. The monoisotopic (exact) mass is 271 g/mol. The van der Waals surface area contributed by atoms with E-state index in [1.807, 2.05) is 0 Å². The van der Waals surface area contributed by atoms with Crippen LogP contribution in [0.5, 0.6) is 0 Å². The van der Waals surface area contributed by atoms with E-state index < -0.39 is 0 Å². The Kier molecular flexibility index (Phi) is 3.83. The van der Waals surface area contributed by atoms with Crippen molar-refractivity contribution in [3.05, 3.63) is 47.2 Å². The minimum atomic E-state index is 0.173. The zero-order valence-corrected chi connectivity index (χ0v) is 12.1. The molecule has 20 heavy (non-hydrogen) atoms. The molecule has 0 amide bonds. The van der Waals surface area contributed by atoms with Crippen LogP contribution in [0.15, 0.2) is 28.7 Å². The number of rotatable bonds is 6. The van der Waals surface area contributed by atoms with Crippen LogP contribution in [-0.4, -0.2) is 16.7 Å². The van der Waals surface area contributed by atoms with Gasteiger partial charge >= 0.3 is 0 Å². The maximum Gasteiger partial charge on any atom is 0.233 e. The number of fused-ring (bicyclic) bond motifs is 1. The van der Waals surface area contributed by atoms with Gasteiger partial charge < -0.3 is 9.73 Å². The van der Waals surface area contributed by atoms with E-state index in [-0.39, 0.29) is 12.0 Å². The minimum absolute atomic E-state index is 0.173. The van der Waals surface area contributed by atoms with E-state index in [9.17, 15) is 0 Å². The number of hydrogen-bond donors (Lipinski definition) is 1. The second-order valence-electron chi connectivity index (χ2n) is 5.35. The van der Waals surface area contributed by atoms with Crippen LogP contribution in [0.4, 0.5) is 0 Å². The molecule has 1 aliphatic rings. The predicted octanol–water partition coefficient (Wildman–Crippen LogP) is 3.21. The Morgan fingerprint density at radius 3 is 2.90 bits per heavy atom. The van der Waals surface area contributed by atoms with Crippen LogP contribution in [0.3, 0.4) is 0 Å². The lowest BCUT2D eigenvalue weighted by Crippen LogP contribution is -2.21. The van der Waals surface area contributed by atoms with Crippen molar-refractivity contribution in [1.82, 2.24) is 15.5 Å². The SMILES string of the molecule is CCCNC(CC)c1nnc(C2Cc3ccccc32)o1. The van der Waals surface area contributed by atoms with Gasteiger partial charge in [-0.1, -0.05) is 38.1 Å². The summed E-state index contributed by atoms with van der Waals surface area (Å²) in [6.07, 6.45) is 3.08. The number of benzene rings is 1. The van der Waals surface area contributed by atoms with Gasteiger partial charge in [-0.15, -0.1) is 10.2 Å². The maximum absolute atomic E-state index is 5.91. The molecule has 0 aliphatic heterocycles. The molecule has 4 nitrogen and oxygen atoms in total. The first kappa shape index (κ1) is 13.3. The summed E-state index contributed by atoms with van der Waals surface area (Å²) in [4.78, 5) is 0. The molecule has 0 spiro atoms. The molecule has 0 saturated carbocycles. The molecule has 2 atom stereocenters. The van der Waals surface area contributed by atoms with E-state index >= 15 is 0 Å². The van der Waals surface area contributed by atoms with Crippen molar-refractivity contribution in [1.29, 1.82) is 0 Å². The summed E-state index contributed by atoms with van der Waals surface area (Å²) in [5, 5.41) is 11.9. The van der Waals surface area contributed by atoms with Gasteiger partial charge in [-0.05, 0) is 36.9 Å². The summed E-state index contributed by atoms with van der Waals surface area (Å²) in [5.41, 5.74) is 2.73. The molecule has 2 unspecified atom stereocenters. The zero-order chi connectivity index (χ0) is 13.9. The molecule has 1 aromatic carbocycles. The molecule has 106 valence electrons. The zero-order valence-electron chi connectivity index (χ0n) is 12.1. The van der Waals surface area contributed by atoms with Crippen molar-refractivity contribution < 1.29 is 4.42 Å². The van der Waals surface area contributed by atoms with Gasteiger partial charge in [0.1, 0.15) is 0 Å². The Morgan fingerprint density at radius 1 is 1.30 bits per heavy atom. The highest BCUT2D eigenvalue weighted by atomic mass is 16.4. The lowest BCUT2D eigenvalue weighted by Gasteiger charge is -2.26. The first-order valence-electron chi connectivity index (χ1n) is 7.48. The number of hydrogen-bond acceptors (Lipinski definition) is 4. The average molecular weight is 271 g/mol. The average Bonchev–Trinajstić information content (AvgIpc) is 2.90. The predicted molar refractivity (Wildman–Crippen MR) is 77.6 cm³/mol. The maximum atomic E-state index is 5.91. The van der Waals surface area contributed by atoms with Gasteiger partial charge in [0, 0.05) is 0 Å². The first-order valence-corrected chi connectivity index (χ1v) is 7.48. The van der Waals surface area contributed by atoms with Crippen molar-refractivity contribution in [2.24, 2.45) is 0 Å². The van der Waals surface area contributed by atoms with E-state index in [1.54, 1.807) is 0 Å². The Balaban J connectivity index is 1.75. The Labute approximate surface area is 119 Å². The fraction of sp³-hybridized carbons (Fsp3) is 0.500. The summed E-state index contributed by atoms with van der Waals surface area (Å²) in [6, 6.07) is 8.64. The second-order valence-corrected chi connectivity index (χ2v) is 5.35. The normalized spacial score (nSPS) is 18.4. The molecule has 1 N–H and O–H groups in total. The van der Waals surface area contributed by atoms with Crippen LogP contribution < -0.4 is 5.32 Å². The molecule has 0 fully saturated rings. The molecule has 0 bridgehead atoms. The van der Waals surface area contributed by atoms with Gasteiger partial charge in [0.25, 0.3) is 0 Å². The lowest BCUT2D eigenvalue weighted by molar-refractivity contribution is 0.359. The third kappa shape index (κ3) is 2.36. The van der Waals surface area contributed by atoms with Crippen LogP contribution in [-0.2, 0) is 6.42 Å². The quantitative estimate of drug-likeness (QED) is 0.876. The Morgan fingerprint density at radius 2 is 2.15 bits per heavy atom. The smallest absolute Gasteiger partial charge is 0.233 e. The molecule has 2 aromatic rings. The lowest BCUT2D eigenvalue weighted by atomic mass is 9.77. The topological polar surface area (TPSA) is 51.0 Å². The van der Waals surface area contributed by atoms with Crippen molar-refractivity contribution >= 4 is 0 Å². The molecule has 0 saturated heterocycles. The largest absolute Gasteiger partial charge is 0.423 e. The summed E-state index contributed by atoms with van der Waals surface area (Å²) < 4.78 is 5.91. The van der Waals surface area contributed by atoms with Gasteiger partial charge in [-0.25, -0.2) is 0 Å². The van der Waals surface area contributed by atoms with Crippen LogP contribution in [0.25, 0.3) is 0 Å². The highest BCUT2D eigenvalue weighted by molar-refractivity contribution is 5.43. The van der Waals surface area contributed by atoms with E-state index in [0.717, 1.165) is 37.6 Å². The number of nitrogens with zero attached hydrogens (tertiary/aromatic N) is 2. The summed E-state index contributed by atoms with van der Waals surface area (Å²) in [5.74, 6) is 1.77. The van der Waals surface area contributed by atoms with Crippen molar-refractivity contribution in [3.63, 3.8) is 0 Å². The fourth-order valence-corrected chi connectivity index (χ4v) is 2.73. The highest BCUT2D eigenvalue weighted by Crippen LogP contribution is 2.39. The van der Waals surface area contributed by atoms with Crippen LogP contribution in [0.1, 0.15) is 61.6 Å². The van der Waals surface area contributed by atoms with E-state index in [2.05, 4.69) is 53.6 Å². The second kappa shape index (κ2) is 5.75. The number of nitrogens with one attached hydrogen (secondary N) is 1. The molecular formula is C16H21N3O. The van der Waals surface area contributed by atoms with Gasteiger partial charge in [0.15, 0.2) is 0 Å². The fourth-order valence-electron chi connectivity index (χ4n) is 2.73.